The Bertz CT molecular complexity index is 754. The van der Waals surface area contributed by atoms with Crippen LogP contribution < -0.4 is 5.32 Å². The molecule has 0 aliphatic heterocycles. The lowest BCUT2D eigenvalue weighted by molar-refractivity contribution is 0.0519. The van der Waals surface area contributed by atoms with E-state index in [1.807, 2.05) is 0 Å². The van der Waals surface area contributed by atoms with Gasteiger partial charge in [0.2, 0.25) is 0 Å². The van der Waals surface area contributed by atoms with Crippen molar-refractivity contribution in [1.29, 1.82) is 0 Å². The first-order valence-electron chi connectivity index (χ1n) is 7.67. The van der Waals surface area contributed by atoms with Crippen LogP contribution in [0.15, 0.2) is 0 Å². The lowest BCUT2D eigenvalue weighted by Gasteiger charge is -2.03. The normalized spacial score (nSPS) is 13.0. The van der Waals surface area contributed by atoms with Gasteiger partial charge in [0.15, 0.2) is 5.13 Å². The second-order valence-corrected chi connectivity index (χ2v) is 6.63. The molecule has 2 aromatic rings. The van der Waals surface area contributed by atoms with Crippen LogP contribution in [-0.2, 0) is 17.6 Å². The number of anilines is 1. The number of aromatic amines is 1. The number of carbonyl (C=O) groups is 2. The highest BCUT2D eigenvalue weighted by atomic mass is 32.1. The molecule has 0 saturated heterocycles. The molecular formula is C16H19N3O3S. The number of rotatable bonds is 4. The third kappa shape index (κ3) is 2.88. The van der Waals surface area contributed by atoms with E-state index in [0.717, 1.165) is 25.0 Å². The Hall–Kier alpha value is -2.15. The van der Waals surface area contributed by atoms with Crippen LogP contribution in [-0.4, -0.2) is 28.5 Å². The number of amides is 1. The summed E-state index contributed by atoms with van der Waals surface area (Å²) in [7, 11) is 0. The van der Waals surface area contributed by atoms with Crippen LogP contribution >= 0.6 is 11.3 Å². The number of hydrogen-bond acceptors (Lipinski definition) is 5. The number of H-pyrrole nitrogens is 1. The number of hydrogen-bond donors (Lipinski definition) is 2. The average molecular weight is 333 g/mol. The highest BCUT2D eigenvalue weighted by Gasteiger charge is 2.24. The van der Waals surface area contributed by atoms with E-state index < -0.39 is 5.97 Å². The smallest absolute Gasteiger partial charge is 0.355 e. The zero-order valence-corrected chi connectivity index (χ0v) is 14.2. The van der Waals surface area contributed by atoms with Gasteiger partial charge in [-0.05, 0) is 45.6 Å². The molecule has 0 saturated carbocycles. The molecular weight excluding hydrogens is 314 g/mol. The van der Waals surface area contributed by atoms with Gasteiger partial charge in [0.1, 0.15) is 5.69 Å². The number of thiazole rings is 1. The molecule has 0 aromatic carbocycles. The monoisotopic (exact) mass is 333 g/mol. The van der Waals surface area contributed by atoms with E-state index in [4.69, 9.17) is 4.74 Å². The quantitative estimate of drug-likeness (QED) is 0.843. The Balaban J connectivity index is 1.83. The standard InChI is InChI=1S/C16H19N3O3S/c1-4-22-15(21)13-8(2)12(9(3)17-13)14(20)19-16-18-10-6-5-7-11(10)23-16/h17H,4-7H2,1-3H3,(H,18,19,20). The Labute approximate surface area is 138 Å². The van der Waals surface area contributed by atoms with Crippen molar-refractivity contribution < 1.29 is 14.3 Å². The van der Waals surface area contributed by atoms with Crippen molar-refractivity contribution in [2.75, 3.05) is 11.9 Å². The SMILES string of the molecule is CCOC(=O)c1[nH]c(C)c(C(=O)Nc2nc3c(s2)CCC3)c1C. The molecule has 2 aromatic heterocycles. The minimum absolute atomic E-state index is 0.251. The average Bonchev–Trinajstić information content (AvgIpc) is 3.12. The molecule has 1 amide bonds. The van der Waals surface area contributed by atoms with Crippen molar-refractivity contribution in [2.24, 2.45) is 0 Å². The second-order valence-electron chi connectivity index (χ2n) is 5.54. The maximum Gasteiger partial charge on any atom is 0.355 e. The maximum atomic E-state index is 12.6. The summed E-state index contributed by atoms with van der Waals surface area (Å²) >= 11 is 1.53. The van der Waals surface area contributed by atoms with Crippen molar-refractivity contribution in [3.8, 4) is 0 Å². The van der Waals surface area contributed by atoms with E-state index >= 15 is 0 Å². The maximum absolute atomic E-state index is 12.6. The minimum atomic E-state index is -0.444. The Kier molecular flexibility index (Phi) is 4.21. The van der Waals surface area contributed by atoms with Gasteiger partial charge in [-0.3, -0.25) is 10.1 Å². The first-order chi connectivity index (χ1) is 11.0. The van der Waals surface area contributed by atoms with Gasteiger partial charge < -0.3 is 9.72 Å². The third-order valence-electron chi connectivity index (χ3n) is 3.96. The highest BCUT2D eigenvalue weighted by molar-refractivity contribution is 7.16. The van der Waals surface area contributed by atoms with E-state index in [0.29, 0.717) is 34.3 Å². The van der Waals surface area contributed by atoms with Crippen LogP contribution in [0.3, 0.4) is 0 Å². The largest absolute Gasteiger partial charge is 0.461 e. The van der Waals surface area contributed by atoms with Gasteiger partial charge in [0.25, 0.3) is 5.91 Å². The van der Waals surface area contributed by atoms with E-state index in [-0.39, 0.29) is 5.91 Å². The summed E-state index contributed by atoms with van der Waals surface area (Å²) in [5, 5.41) is 3.47. The molecule has 2 N–H and O–H groups in total. The van der Waals surface area contributed by atoms with Crippen LogP contribution in [0, 0.1) is 13.8 Å². The highest BCUT2D eigenvalue weighted by Crippen LogP contribution is 2.31. The fourth-order valence-corrected chi connectivity index (χ4v) is 3.95. The van der Waals surface area contributed by atoms with Crippen LogP contribution in [0.4, 0.5) is 5.13 Å². The van der Waals surface area contributed by atoms with Crippen LogP contribution in [0.1, 0.15) is 56.0 Å². The summed E-state index contributed by atoms with van der Waals surface area (Å²) < 4.78 is 5.00. The summed E-state index contributed by atoms with van der Waals surface area (Å²) in [5.41, 5.74) is 3.15. The van der Waals surface area contributed by atoms with Crippen LogP contribution in [0.25, 0.3) is 0 Å². The number of aromatic nitrogens is 2. The van der Waals surface area contributed by atoms with Gasteiger partial charge in [-0.2, -0.15) is 0 Å². The molecule has 1 aliphatic rings. The molecule has 6 nitrogen and oxygen atoms in total. The lowest BCUT2D eigenvalue weighted by atomic mass is 10.1. The summed E-state index contributed by atoms with van der Waals surface area (Å²) in [4.78, 5) is 33.2. The van der Waals surface area contributed by atoms with Crippen molar-refractivity contribution in [2.45, 2.75) is 40.0 Å². The molecule has 0 bridgehead atoms. The van der Waals surface area contributed by atoms with Crippen molar-refractivity contribution in [3.05, 3.63) is 33.1 Å². The summed E-state index contributed by atoms with van der Waals surface area (Å²) in [6.07, 6.45) is 3.16. The van der Waals surface area contributed by atoms with Gasteiger partial charge >= 0.3 is 5.97 Å². The topological polar surface area (TPSA) is 84.1 Å². The molecule has 122 valence electrons. The molecule has 1 aliphatic carbocycles. The Morgan fingerprint density at radius 2 is 2.13 bits per heavy atom. The van der Waals surface area contributed by atoms with Crippen molar-refractivity contribution in [1.82, 2.24) is 9.97 Å². The zero-order valence-electron chi connectivity index (χ0n) is 13.4. The van der Waals surface area contributed by atoms with Gasteiger partial charge in [-0.15, -0.1) is 11.3 Å². The minimum Gasteiger partial charge on any atom is -0.461 e. The molecule has 0 atom stereocenters. The van der Waals surface area contributed by atoms with E-state index in [1.165, 1.54) is 16.2 Å². The van der Waals surface area contributed by atoms with Crippen LogP contribution in [0.2, 0.25) is 0 Å². The fraction of sp³-hybridized carbons (Fsp3) is 0.438. The second kappa shape index (κ2) is 6.16. The van der Waals surface area contributed by atoms with E-state index in [9.17, 15) is 9.59 Å². The molecule has 0 unspecified atom stereocenters. The van der Waals surface area contributed by atoms with Crippen molar-refractivity contribution >= 4 is 28.3 Å². The molecule has 23 heavy (non-hydrogen) atoms. The Morgan fingerprint density at radius 3 is 2.83 bits per heavy atom. The van der Waals surface area contributed by atoms with Gasteiger partial charge in [0.05, 0.1) is 17.9 Å². The summed E-state index contributed by atoms with van der Waals surface area (Å²) in [5.74, 6) is -0.695. The number of ether oxygens (including phenoxy) is 1. The van der Waals surface area contributed by atoms with Crippen molar-refractivity contribution in [3.63, 3.8) is 0 Å². The molecule has 0 fully saturated rings. The predicted octanol–water partition coefficient (Wildman–Crippen LogP) is 3.01. The van der Waals surface area contributed by atoms with Gasteiger partial charge in [-0.25, -0.2) is 9.78 Å². The number of carbonyl (C=O) groups excluding carboxylic acids is 2. The van der Waals surface area contributed by atoms with E-state index in [2.05, 4.69) is 15.3 Å². The molecule has 0 radical (unpaired) electrons. The van der Waals surface area contributed by atoms with E-state index in [1.54, 1.807) is 20.8 Å². The van der Waals surface area contributed by atoms with Gasteiger partial charge in [0, 0.05) is 10.6 Å². The summed E-state index contributed by atoms with van der Waals surface area (Å²) in [6.45, 7) is 5.56. The number of nitrogens with zero attached hydrogens (tertiary/aromatic N) is 1. The first-order valence-corrected chi connectivity index (χ1v) is 8.49. The lowest BCUT2D eigenvalue weighted by Crippen LogP contribution is -2.14. The molecule has 3 rings (SSSR count). The first kappa shape index (κ1) is 15.7. The van der Waals surface area contributed by atoms with Gasteiger partial charge in [-0.1, -0.05) is 0 Å². The van der Waals surface area contributed by atoms with Crippen LogP contribution in [0.5, 0.6) is 0 Å². The third-order valence-corrected chi connectivity index (χ3v) is 5.03. The molecule has 7 heteroatoms. The zero-order chi connectivity index (χ0) is 16.6. The number of aryl methyl sites for hydroxylation is 3. The Morgan fingerprint density at radius 1 is 1.35 bits per heavy atom. The predicted molar refractivity (Wildman–Crippen MR) is 88.3 cm³/mol. The number of esters is 1. The number of fused-ring (bicyclic) bond motifs is 1. The molecule has 2 heterocycles. The summed E-state index contributed by atoms with van der Waals surface area (Å²) in [6, 6.07) is 0. The number of nitrogens with one attached hydrogen (secondary N) is 2. The molecule has 0 spiro atoms. The fourth-order valence-electron chi connectivity index (χ4n) is 2.90.